The van der Waals surface area contributed by atoms with Crippen LogP contribution < -0.4 is 0 Å². The second-order valence-electron chi connectivity index (χ2n) is 5.39. The van der Waals surface area contributed by atoms with Gasteiger partial charge in [-0.25, -0.2) is 4.39 Å². The molecule has 21 heavy (non-hydrogen) atoms. The summed E-state index contributed by atoms with van der Waals surface area (Å²) in [6, 6.07) is 14.1. The molecule has 1 unspecified atom stereocenters. The van der Waals surface area contributed by atoms with Crippen LogP contribution in [0, 0.1) is 5.82 Å². The highest BCUT2D eigenvalue weighted by atomic mass is 19.1. The van der Waals surface area contributed by atoms with Gasteiger partial charge in [-0.1, -0.05) is 43.3 Å². The molecule has 2 nitrogen and oxygen atoms in total. The number of hydrogen-bond donors (Lipinski definition) is 1. The van der Waals surface area contributed by atoms with Crippen molar-refractivity contribution in [2.24, 2.45) is 0 Å². The van der Waals surface area contributed by atoms with Gasteiger partial charge in [0.2, 0.25) is 0 Å². The Labute approximate surface area is 122 Å². The molecule has 0 amide bonds. The molecule has 0 bridgehead atoms. The number of aliphatic hydroxyl groups is 1. The molecule has 1 aromatic heterocycles. The molecule has 0 aliphatic heterocycles. The molecule has 0 aliphatic carbocycles. The molecule has 3 rings (SSSR count). The maximum Gasteiger partial charge on any atom is 0.170 e. The Bertz CT molecular complexity index is 770. The molecule has 3 heteroatoms. The van der Waals surface area contributed by atoms with Crippen LogP contribution in [0.3, 0.4) is 0 Å². The summed E-state index contributed by atoms with van der Waals surface area (Å²) < 4.78 is 19.3. The van der Waals surface area contributed by atoms with Gasteiger partial charge in [0.1, 0.15) is 11.4 Å². The van der Waals surface area contributed by atoms with E-state index in [1.165, 1.54) is 11.6 Å². The van der Waals surface area contributed by atoms with E-state index in [0.29, 0.717) is 11.1 Å². The maximum atomic E-state index is 13.7. The van der Waals surface area contributed by atoms with Crippen molar-refractivity contribution in [2.45, 2.75) is 25.9 Å². The summed E-state index contributed by atoms with van der Waals surface area (Å²) in [6.07, 6.45) is 0.943. The zero-order valence-corrected chi connectivity index (χ0v) is 12.1. The summed E-state index contributed by atoms with van der Waals surface area (Å²) in [5, 5.41) is 11.4. The lowest BCUT2D eigenvalue weighted by Gasteiger charge is -2.21. The largest absolute Gasteiger partial charge is 0.455 e. The Morgan fingerprint density at radius 2 is 1.86 bits per heavy atom. The van der Waals surface area contributed by atoms with E-state index in [-0.39, 0.29) is 5.58 Å². The van der Waals surface area contributed by atoms with E-state index in [4.69, 9.17) is 4.42 Å². The lowest BCUT2D eigenvalue weighted by atomic mass is 9.92. The number of aryl methyl sites for hydroxylation is 1. The third kappa shape index (κ3) is 2.34. The molecule has 3 aromatic rings. The summed E-state index contributed by atoms with van der Waals surface area (Å²) in [5.74, 6) is -0.0808. The number of fused-ring (bicyclic) bond motifs is 1. The monoisotopic (exact) mass is 284 g/mol. The summed E-state index contributed by atoms with van der Waals surface area (Å²) in [7, 11) is 0. The zero-order chi connectivity index (χ0) is 15.0. The quantitative estimate of drug-likeness (QED) is 0.773. The highest BCUT2D eigenvalue weighted by Gasteiger charge is 2.30. The summed E-state index contributed by atoms with van der Waals surface area (Å²) in [5.41, 5.74) is 0.805. The van der Waals surface area contributed by atoms with Crippen LogP contribution in [0.4, 0.5) is 4.39 Å². The molecule has 0 aliphatic rings. The predicted octanol–water partition coefficient (Wildman–Crippen LogP) is 4.39. The number of furan rings is 1. The minimum Gasteiger partial charge on any atom is -0.455 e. The number of benzene rings is 2. The number of hydrogen-bond acceptors (Lipinski definition) is 2. The number of rotatable bonds is 3. The van der Waals surface area contributed by atoms with Crippen molar-refractivity contribution in [2.75, 3.05) is 0 Å². The predicted molar refractivity (Wildman–Crippen MR) is 80.7 cm³/mol. The second-order valence-corrected chi connectivity index (χ2v) is 5.39. The van der Waals surface area contributed by atoms with Gasteiger partial charge in [-0.2, -0.15) is 0 Å². The van der Waals surface area contributed by atoms with Crippen LogP contribution in [-0.4, -0.2) is 5.11 Å². The van der Waals surface area contributed by atoms with Gasteiger partial charge in [0.15, 0.2) is 11.4 Å². The van der Waals surface area contributed by atoms with Gasteiger partial charge in [-0.15, -0.1) is 0 Å². The molecular formula is C18H17FO2. The van der Waals surface area contributed by atoms with Crippen LogP contribution in [-0.2, 0) is 12.0 Å². The Balaban J connectivity index is 2.07. The van der Waals surface area contributed by atoms with Crippen LogP contribution >= 0.6 is 0 Å². The van der Waals surface area contributed by atoms with Gasteiger partial charge in [0.05, 0.1) is 0 Å². The Hall–Kier alpha value is -2.13. The lowest BCUT2D eigenvalue weighted by Crippen LogP contribution is -2.21. The fraction of sp³-hybridized carbons (Fsp3) is 0.222. The number of halogens is 1. The third-order valence-electron chi connectivity index (χ3n) is 3.90. The first-order valence-corrected chi connectivity index (χ1v) is 7.02. The molecule has 1 N–H and O–H groups in total. The van der Waals surface area contributed by atoms with Crippen molar-refractivity contribution in [1.82, 2.24) is 0 Å². The molecule has 0 saturated carbocycles. The van der Waals surface area contributed by atoms with Crippen LogP contribution in [0.5, 0.6) is 0 Å². The SMILES string of the molecule is CCc1ccc(C(C)(O)c2cc3cccc(F)c3o2)cc1. The van der Waals surface area contributed by atoms with Crippen molar-refractivity contribution in [3.63, 3.8) is 0 Å². The summed E-state index contributed by atoms with van der Waals surface area (Å²) in [4.78, 5) is 0. The van der Waals surface area contributed by atoms with Gasteiger partial charge >= 0.3 is 0 Å². The standard InChI is InChI=1S/C18H17FO2/c1-3-12-7-9-14(10-8-12)18(2,20)16-11-13-5-4-6-15(19)17(13)21-16/h4-11,20H,3H2,1-2H3. The van der Waals surface area contributed by atoms with Gasteiger partial charge in [-0.05, 0) is 36.6 Å². The van der Waals surface area contributed by atoms with E-state index in [2.05, 4.69) is 6.92 Å². The highest BCUT2D eigenvalue weighted by Crippen LogP contribution is 2.34. The fourth-order valence-corrected chi connectivity index (χ4v) is 2.47. The van der Waals surface area contributed by atoms with Crippen LogP contribution in [0.15, 0.2) is 52.9 Å². The fourth-order valence-electron chi connectivity index (χ4n) is 2.47. The van der Waals surface area contributed by atoms with Crippen molar-refractivity contribution < 1.29 is 13.9 Å². The Morgan fingerprint density at radius 1 is 1.14 bits per heavy atom. The van der Waals surface area contributed by atoms with Gasteiger partial charge in [0, 0.05) is 5.39 Å². The summed E-state index contributed by atoms with van der Waals surface area (Å²) in [6.45, 7) is 3.73. The smallest absolute Gasteiger partial charge is 0.170 e. The van der Waals surface area contributed by atoms with Crippen LogP contribution in [0.2, 0.25) is 0 Å². The summed E-state index contributed by atoms with van der Waals surface area (Å²) >= 11 is 0. The Kier molecular flexibility index (Phi) is 3.30. The van der Waals surface area contributed by atoms with E-state index < -0.39 is 11.4 Å². The minimum absolute atomic E-state index is 0.179. The first-order valence-electron chi connectivity index (χ1n) is 7.02. The average molecular weight is 284 g/mol. The van der Waals surface area contributed by atoms with Gasteiger partial charge < -0.3 is 9.52 Å². The Morgan fingerprint density at radius 3 is 2.48 bits per heavy atom. The highest BCUT2D eigenvalue weighted by molar-refractivity contribution is 5.78. The molecule has 108 valence electrons. The molecule has 2 aromatic carbocycles. The van der Waals surface area contributed by atoms with Crippen LogP contribution in [0.1, 0.15) is 30.7 Å². The van der Waals surface area contributed by atoms with E-state index in [0.717, 1.165) is 12.0 Å². The first-order chi connectivity index (χ1) is 10.0. The molecule has 0 saturated heterocycles. The first kappa shape index (κ1) is 13.8. The maximum absolute atomic E-state index is 13.7. The van der Waals surface area contributed by atoms with E-state index in [1.54, 1.807) is 25.1 Å². The van der Waals surface area contributed by atoms with E-state index >= 15 is 0 Å². The topological polar surface area (TPSA) is 33.4 Å². The molecule has 1 atom stereocenters. The molecular weight excluding hydrogens is 267 g/mol. The van der Waals surface area contributed by atoms with Crippen LogP contribution in [0.25, 0.3) is 11.0 Å². The molecule has 0 fully saturated rings. The minimum atomic E-state index is -1.29. The average Bonchev–Trinajstić information content (AvgIpc) is 2.94. The van der Waals surface area contributed by atoms with E-state index in [1.807, 2.05) is 24.3 Å². The number of para-hydroxylation sites is 1. The lowest BCUT2D eigenvalue weighted by molar-refractivity contribution is 0.0784. The van der Waals surface area contributed by atoms with Crippen molar-refractivity contribution in [3.8, 4) is 0 Å². The molecule has 1 heterocycles. The normalized spacial score (nSPS) is 14.3. The third-order valence-corrected chi connectivity index (χ3v) is 3.90. The second kappa shape index (κ2) is 5.01. The van der Waals surface area contributed by atoms with Gasteiger partial charge in [-0.3, -0.25) is 0 Å². The van der Waals surface area contributed by atoms with Crippen molar-refractivity contribution >= 4 is 11.0 Å². The van der Waals surface area contributed by atoms with E-state index in [9.17, 15) is 9.50 Å². The van der Waals surface area contributed by atoms with Crippen molar-refractivity contribution in [3.05, 3.63) is 71.2 Å². The van der Waals surface area contributed by atoms with Gasteiger partial charge in [0.25, 0.3) is 0 Å². The molecule has 0 radical (unpaired) electrons. The molecule has 0 spiro atoms. The van der Waals surface area contributed by atoms with Crippen molar-refractivity contribution in [1.29, 1.82) is 0 Å². The zero-order valence-electron chi connectivity index (χ0n) is 12.1.